The van der Waals surface area contributed by atoms with Crippen molar-refractivity contribution < 1.29 is 4.39 Å². The van der Waals surface area contributed by atoms with Crippen molar-refractivity contribution in [3.8, 4) is 0 Å². The zero-order valence-corrected chi connectivity index (χ0v) is 12.5. The van der Waals surface area contributed by atoms with Crippen molar-refractivity contribution in [2.75, 3.05) is 24.5 Å². The number of rotatable bonds is 3. The summed E-state index contributed by atoms with van der Waals surface area (Å²) < 4.78 is 13.9. The first kappa shape index (κ1) is 13.8. The zero-order valence-electron chi connectivity index (χ0n) is 10.9. The summed E-state index contributed by atoms with van der Waals surface area (Å²) in [6, 6.07) is 5.45. The smallest absolute Gasteiger partial charge is 0.124 e. The fourth-order valence-electron chi connectivity index (χ4n) is 2.51. The summed E-state index contributed by atoms with van der Waals surface area (Å²) in [5.74, 6) is 0.499. The van der Waals surface area contributed by atoms with Crippen molar-refractivity contribution in [2.45, 2.75) is 26.3 Å². The molecule has 0 aliphatic carbocycles. The summed E-state index contributed by atoms with van der Waals surface area (Å²) in [6.45, 7) is 7.44. The molecule has 0 amide bonds. The Kier molecular flexibility index (Phi) is 4.62. The maximum absolute atomic E-state index is 13.1. The van der Waals surface area contributed by atoms with E-state index in [-0.39, 0.29) is 5.82 Å². The molecule has 0 aromatic heterocycles. The largest absolute Gasteiger partial charge is 0.368 e. The molecule has 1 atom stereocenters. The van der Waals surface area contributed by atoms with Crippen molar-refractivity contribution in [3.63, 3.8) is 0 Å². The lowest BCUT2D eigenvalue weighted by atomic mass is 10.0. The van der Waals surface area contributed by atoms with Crippen molar-refractivity contribution in [1.82, 2.24) is 5.32 Å². The first-order chi connectivity index (χ1) is 8.56. The van der Waals surface area contributed by atoms with Crippen LogP contribution in [-0.4, -0.2) is 25.7 Å². The molecule has 0 bridgehead atoms. The van der Waals surface area contributed by atoms with E-state index in [2.05, 4.69) is 40.0 Å². The second-order valence-electron chi connectivity index (χ2n) is 5.32. The SMILES string of the molecule is CC(C)CC1CN(c2ccc(F)cc2Br)CCN1. The molecule has 1 unspecified atom stereocenters. The number of nitrogens with zero attached hydrogens (tertiary/aromatic N) is 1. The average molecular weight is 315 g/mol. The molecule has 1 N–H and O–H groups in total. The molecule has 1 aliphatic rings. The number of hydrogen-bond acceptors (Lipinski definition) is 2. The van der Waals surface area contributed by atoms with E-state index in [0.29, 0.717) is 12.0 Å². The molecule has 0 spiro atoms. The number of benzene rings is 1. The quantitative estimate of drug-likeness (QED) is 0.919. The molecule has 0 radical (unpaired) electrons. The molecule has 1 saturated heterocycles. The Morgan fingerprint density at radius 3 is 2.94 bits per heavy atom. The molecular weight excluding hydrogens is 295 g/mol. The molecule has 18 heavy (non-hydrogen) atoms. The predicted octanol–water partition coefficient (Wildman–Crippen LogP) is 3.41. The van der Waals surface area contributed by atoms with Crippen molar-refractivity contribution in [1.29, 1.82) is 0 Å². The van der Waals surface area contributed by atoms with Crippen molar-refractivity contribution in [3.05, 3.63) is 28.5 Å². The van der Waals surface area contributed by atoms with Gasteiger partial charge >= 0.3 is 0 Å². The second kappa shape index (κ2) is 6.02. The number of anilines is 1. The summed E-state index contributed by atoms with van der Waals surface area (Å²) >= 11 is 3.45. The minimum absolute atomic E-state index is 0.195. The van der Waals surface area contributed by atoms with Gasteiger partial charge in [-0.15, -0.1) is 0 Å². The Morgan fingerprint density at radius 2 is 2.28 bits per heavy atom. The Hall–Kier alpha value is -0.610. The van der Waals surface area contributed by atoms with E-state index in [1.54, 1.807) is 0 Å². The third kappa shape index (κ3) is 3.45. The van der Waals surface area contributed by atoms with Crippen molar-refractivity contribution >= 4 is 21.6 Å². The summed E-state index contributed by atoms with van der Waals surface area (Å²) in [4.78, 5) is 2.33. The lowest BCUT2D eigenvalue weighted by Gasteiger charge is -2.36. The van der Waals surface area contributed by atoms with Crippen LogP contribution in [0.25, 0.3) is 0 Å². The maximum atomic E-state index is 13.1. The van der Waals surface area contributed by atoms with Crippen LogP contribution in [0, 0.1) is 11.7 Å². The summed E-state index contributed by atoms with van der Waals surface area (Å²) in [6.07, 6.45) is 1.18. The van der Waals surface area contributed by atoms with Gasteiger partial charge in [-0.3, -0.25) is 0 Å². The monoisotopic (exact) mass is 314 g/mol. The summed E-state index contributed by atoms with van der Waals surface area (Å²) in [5.41, 5.74) is 1.09. The van der Waals surface area contributed by atoms with Gasteiger partial charge in [-0.2, -0.15) is 0 Å². The predicted molar refractivity (Wildman–Crippen MR) is 77.6 cm³/mol. The molecule has 2 rings (SSSR count). The van der Waals surface area contributed by atoms with Gasteiger partial charge in [-0.1, -0.05) is 13.8 Å². The van der Waals surface area contributed by atoms with Gasteiger partial charge in [0.15, 0.2) is 0 Å². The van der Waals surface area contributed by atoms with Crippen LogP contribution in [0.3, 0.4) is 0 Å². The molecule has 0 saturated carbocycles. The fraction of sp³-hybridized carbons (Fsp3) is 0.571. The van der Waals surface area contributed by atoms with Gasteiger partial charge in [0.25, 0.3) is 0 Å². The average Bonchev–Trinajstić information content (AvgIpc) is 2.28. The highest BCUT2D eigenvalue weighted by molar-refractivity contribution is 9.10. The highest BCUT2D eigenvalue weighted by Gasteiger charge is 2.21. The molecular formula is C14H20BrFN2. The number of hydrogen-bond donors (Lipinski definition) is 1. The number of piperazine rings is 1. The van der Waals surface area contributed by atoms with Gasteiger partial charge in [0.1, 0.15) is 5.82 Å². The molecule has 1 aromatic rings. The highest BCUT2D eigenvalue weighted by atomic mass is 79.9. The third-order valence-electron chi connectivity index (χ3n) is 3.26. The van der Waals surface area contributed by atoms with E-state index >= 15 is 0 Å². The Balaban J connectivity index is 2.08. The van der Waals surface area contributed by atoms with Gasteiger partial charge in [-0.25, -0.2) is 4.39 Å². The van der Waals surface area contributed by atoms with Crippen LogP contribution in [0.4, 0.5) is 10.1 Å². The van der Waals surface area contributed by atoms with E-state index in [1.807, 2.05) is 6.07 Å². The van der Waals surface area contributed by atoms with Gasteiger partial charge in [0.2, 0.25) is 0 Å². The van der Waals surface area contributed by atoms with Crippen LogP contribution >= 0.6 is 15.9 Å². The van der Waals surface area contributed by atoms with E-state index in [4.69, 9.17) is 0 Å². The van der Waals surface area contributed by atoms with E-state index < -0.39 is 0 Å². The minimum atomic E-state index is -0.195. The van der Waals surface area contributed by atoms with Gasteiger partial charge in [-0.05, 0) is 46.5 Å². The Labute approximate surface area is 117 Å². The molecule has 1 aromatic carbocycles. The second-order valence-corrected chi connectivity index (χ2v) is 6.18. The van der Waals surface area contributed by atoms with Gasteiger partial charge in [0.05, 0.1) is 5.69 Å². The highest BCUT2D eigenvalue weighted by Crippen LogP contribution is 2.28. The molecule has 2 nitrogen and oxygen atoms in total. The Bertz CT molecular complexity index is 409. The van der Waals surface area contributed by atoms with Crippen LogP contribution in [-0.2, 0) is 0 Å². The summed E-state index contributed by atoms with van der Waals surface area (Å²) in [7, 11) is 0. The minimum Gasteiger partial charge on any atom is -0.368 e. The Morgan fingerprint density at radius 1 is 1.50 bits per heavy atom. The normalized spacial score (nSPS) is 20.5. The first-order valence-electron chi connectivity index (χ1n) is 6.49. The first-order valence-corrected chi connectivity index (χ1v) is 7.29. The lowest BCUT2D eigenvalue weighted by Crippen LogP contribution is -2.51. The van der Waals surface area contributed by atoms with Crippen LogP contribution in [0.5, 0.6) is 0 Å². The number of nitrogens with one attached hydrogen (secondary N) is 1. The van der Waals surface area contributed by atoms with Crippen LogP contribution < -0.4 is 10.2 Å². The van der Waals surface area contributed by atoms with Crippen LogP contribution in [0.15, 0.2) is 22.7 Å². The van der Waals surface area contributed by atoms with Gasteiger partial charge in [0, 0.05) is 30.1 Å². The number of halogens is 2. The topological polar surface area (TPSA) is 15.3 Å². The summed E-state index contributed by atoms with van der Waals surface area (Å²) in [5, 5.41) is 3.55. The molecule has 1 heterocycles. The van der Waals surface area contributed by atoms with Gasteiger partial charge < -0.3 is 10.2 Å². The standard InChI is InChI=1S/C14H20BrFN2/c1-10(2)7-12-9-18(6-5-17-12)14-4-3-11(16)8-13(14)15/h3-4,8,10,12,17H,5-7,9H2,1-2H3. The van der Waals surface area contributed by atoms with E-state index in [0.717, 1.165) is 29.8 Å². The fourth-order valence-corrected chi connectivity index (χ4v) is 3.11. The van der Waals surface area contributed by atoms with E-state index in [1.165, 1.54) is 18.6 Å². The van der Waals surface area contributed by atoms with Crippen LogP contribution in [0.1, 0.15) is 20.3 Å². The molecule has 1 fully saturated rings. The molecule has 100 valence electrons. The lowest BCUT2D eigenvalue weighted by molar-refractivity contribution is 0.388. The third-order valence-corrected chi connectivity index (χ3v) is 3.90. The zero-order chi connectivity index (χ0) is 13.1. The molecule has 1 aliphatic heterocycles. The van der Waals surface area contributed by atoms with Crippen LogP contribution in [0.2, 0.25) is 0 Å². The maximum Gasteiger partial charge on any atom is 0.124 e. The van der Waals surface area contributed by atoms with E-state index in [9.17, 15) is 4.39 Å². The van der Waals surface area contributed by atoms with Crippen molar-refractivity contribution in [2.24, 2.45) is 5.92 Å². The molecule has 4 heteroatoms.